The number of likely N-dealkylation sites (tertiary alicyclic amines) is 1. The van der Waals surface area contributed by atoms with Gasteiger partial charge in [-0.1, -0.05) is 12.1 Å². The second kappa shape index (κ2) is 7.18. The molecule has 1 aromatic heterocycles. The third-order valence-electron chi connectivity index (χ3n) is 6.00. The normalized spacial score (nSPS) is 29.6. The first kappa shape index (κ1) is 17.2. The average Bonchev–Trinajstić information content (AvgIpc) is 3.28. The molecule has 2 fully saturated rings. The van der Waals surface area contributed by atoms with Crippen molar-refractivity contribution in [2.45, 2.75) is 49.6 Å². The third-order valence-corrected chi connectivity index (χ3v) is 6.00. The molecule has 0 amide bonds. The third kappa shape index (κ3) is 3.25. The van der Waals surface area contributed by atoms with Crippen molar-refractivity contribution in [1.82, 2.24) is 15.1 Å². The molecule has 2 aromatic rings. The highest BCUT2D eigenvalue weighted by Crippen LogP contribution is 2.47. The van der Waals surface area contributed by atoms with E-state index >= 15 is 0 Å². The maximum Gasteiger partial charge on any atom is 0.165 e. The molecule has 0 radical (unpaired) electrons. The van der Waals surface area contributed by atoms with Crippen molar-refractivity contribution in [2.75, 3.05) is 13.1 Å². The molecule has 2 heterocycles. The Balaban J connectivity index is 1.64. The lowest BCUT2D eigenvalue weighted by molar-refractivity contribution is 0.139. The number of aromatic amines is 1. The van der Waals surface area contributed by atoms with Crippen LogP contribution in [0.4, 0.5) is 4.39 Å². The van der Waals surface area contributed by atoms with Gasteiger partial charge in [0.1, 0.15) is 11.9 Å². The predicted molar refractivity (Wildman–Crippen MR) is 97.0 cm³/mol. The SMILES string of the molecule is N#Cc1n[nH]cc1C1CC(c2ccc(F)cc2)CC1N1CCCC(N)C1. The lowest BCUT2D eigenvalue weighted by atomic mass is 9.91. The van der Waals surface area contributed by atoms with Crippen molar-refractivity contribution in [3.8, 4) is 6.07 Å². The van der Waals surface area contributed by atoms with Crippen LogP contribution in [0, 0.1) is 17.1 Å². The Labute approximate surface area is 153 Å². The molecule has 4 atom stereocenters. The van der Waals surface area contributed by atoms with Gasteiger partial charge in [-0.3, -0.25) is 10.00 Å². The summed E-state index contributed by atoms with van der Waals surface area (Å²) >= 11 is 0. The smallest absolute Gasteiger partial charge is 0.165 e. The monoisotopic (exact) mass is 353 g/mol. The van der Waals surface area contributed by atoms with Gasteiger partial charge in [0, 0.05) is 36.3 Å². The van der Waals surface area contributed by atoms with E-state index in [9.17, 15) is 9.65 Å². The van der Waals surface area contributed by atoms with Crippen LogP contribution in [0.15, 0.2) is 30.5 Å². The van der Waals surface area contributed by atoms with Crippen LogP contribution in [0.25, 0.3) is 0 Å². The fourth-order valence-electron chi connectivity index (χ4n) is 4.77. The highest BCUT2D eigenvalue weighted by Gasteiger charge is 2.41. The largest absolute Gasteiger partial charge is 0.327 e. The first-order valence-corrected chi connectivity index (χ1v) is 9.34. The van der Waals surface area contributed by atoms with Gasteiger partial charge in [0.25, 0.3) is 0 Å². The van der Waals surface area contributed by atoms with Gasteiger partial charge in [-0.2, -0.15) is 10.4 Å². The summed E-state index contributed by atoms with van der Waals surface area (Å²) in [5, 5.41) is 16.4. The van der Waals surface area contributed by atoms with Crippen LogP contribution in [0.3, 0.4) is 0 Å². The minimum Gasteiger partial charge on any atom is -0.327 e. The number of nitrogens with one attached hydrogen (secondary N) is 1. The number of hydrogen-bond acceptors (Lipinski definition) is 4. The van der Waals surface area contributed by atoms with Gasteiger partial charge in [-0.25, -0.2) is 4.39 Å². The second-order valence-electron chi connectivity index (χ2n) is 7.59. The maximum atomic E-state index is 13.3. The van der Waals surface area contributed by atoms with Crippen molar-refractivity contribution < 1.29 is 4.39 Å². The van der Waals surface area contributed by atoms with Crippen LogP contribution in [0.1, 0.15) is 54.3 Å². The zero-order valence-electron chi connectivity index (χ0n) is 14.7. The number of halogens is 1. The van der Waals surface area contributed by atoms with E-state index in [2.05, 4.69) is 21.2 Å². The molecule has 1 aliphatic heterocycles. The molecule has 4 unspecified atom stereocenters. The summed E-state index contributed by atoms with van der Waals surface area (Å²) in [5.41, 5.74) is 8.88. The molecular weight excluding hydrogens is 329 g/mol. The highest BCUT2D eigenvalue weighted by molar-refractivity contribution is 5.36. The Bertz CT molecular complexity index is 793. The lowest BCUT2D eigenvalue weighted by Gasteiger charge is -2.38. The molecule has 1 aliphatic carbocycles. The Kier molecular flexibility index (Phi) is 4.75. The van der Waals surface area contributed by atoms with Gasteiger partial charge in [0.15, 0.2) is 5.69 Å². The predicted octanol–water partition coefficient (Wildman–Crippen LogP) is 2.87. The number of nitriles is 1. The summed E-state index contributed by atoms with van der Waals surface area (Å²) in [7, 11) is 0. The highest BCUT2D eigenvalue weighted by atomic mass is 19.1. The summed E-state index contributed by atoms with van der Waals surface area (Å²) in [6.07, 6.45) is 6.00. The summed E-state index contributed by atoms with van der Waals surface area (Å²) in [6.45, 7) is 1.95. The van der Waals surface area contributed by atoms with E-state index in [4.69, 9.17) is 5.73 Å². The zero-order chi connectivity index (χ0) is 18.1. The molecule has 1 saturated heterocycles. The maximum absolute atomic E-state index is 13.3. The lowest BCUT2D eigenvalue weighted by Crippen LogP contribution is -2.48. The summed E-state index contributed by atoms with van der Waals surface area (Å²) in [4.78, 5) is 2.50. The Morgan fingerprint density at radius 2 is 2.08 bits per heavy atom. The standard InChI is InChI=1S/C20H24FN5/c21-15-5-3-13(4-6-15)14-8-17(18-11-24-25-19(18)10-22)20(9-14)26-7-1-2-16(23)12-26/h3-6,11,14,16-17,20H,1-2,7-9,12,23H2,(H,24,25). The van der Waals surface area contributed by atoms with Crippen molar-refractivity contribution in [3.63, 3.8) is 0 Å². The minimum absolute atomic E-state index is 0.205. The molecule has 0 spiro atoms. The van der Waals surface area contributed by atoms with Crippen molar-refractivity contribution >= 4 is 0 Å². The molecule has 6 heteroatoms. The first-order valence-electron chi connectivity index (χ1n) is 9.34. The molecule has 1 saturated carbocycles. The van der Waals surface area contributed by atoms with Crippen LogP contribution in [-0.2, 0) is 0 Å². The van der Waals surface area contributed by atoms with E-state index < -0.39 is 0 Å². The van der Waals surface area contributed by atoms with E-state index in [1.807, 2.05) is 18.3 Å². The Morgan fingerprint density at radius 1 is 1.27 bits per heavy atom. The topological polar surface area (TPSA) is 81.7 Å². The van der Waals surface area contributed by atoms with E-state index in [0.29, 0.717) is 17.7 Å². The minimum atomic E-state index is -0.205. The van der Waals surface area contributed by atoms with Gasteiger partial charge in [-0.05, 0) is 55.8 Å². The summed E-state index contributed by atoms with van der Waals surface area (Å²) in [6, 6.07) is 9.61. The van der Waals surface area contributed by atoms with Crippen LogP contribution in [0.2, 0.25) is 0 Å². The van der Waals surface area contributed by atoms with Crippen molar-refractivity contribution in [3.05, 3.63) is 53.1 Å². The molecule has 2 aliphatic rings. The van der Waals surface area contributed by atoms with Crippen LogP contribution >= 0.6 is 0 Å². The number of nitrogens with two attached hydrogens (primary N) is 1. The van der Waals surface area contributed by atoms with Crippen molar-refractivity contribution in [2.24, 2.45) is 5.73 Å². The number of H-pyrrole nitrogens is 1. The Morgan fingerprint density at radius 3 is 2.81 bits per heavy atom. The number of rotatable bonds is 3. The molecule has 4 rings (SSSR count). The Hall–Kier alpha value is -2.23. The summed E-state index contributed by atoms with van der Waals surface area (Å²) < 4.78 is 13.3. The van der Waals surface area contributed by atoms with E-state index in [0.717, 1.165) is 44.3 Å². The fraction of sp³-hybridized carbons (Fsp3) is 0.500. The molecule has 26 heavy (non-hydrogen) atoms. The van der Waals surface area contributed by atoms with Gasteiger partial charge in [0.05, 0.1) is 0 Å². The molecule has 3 N–H and O–H groups in total. The second-order valence-corrected chi connectivity index (χ2v) is 7.59. The van der Waals surface area contributed by atoms with Gasteiger partial charge in [0.2, 0.25) is 0 Å². The summed E-state index contributed by atoms with van der Waals surface area (Å²) in [5.74, 6) is 0.386. The van der Waals surface area contributed by atoms with Gasteiger partial charge < -0.3 is 5.73 Å². The van der Waals surface area contributed by atoms with Crippen LogP contribution in [-0.4, -0.2) is 40.3 Å². The van der Waals surface area contributed by atoms with E-state index in [-0.39, 0.29) is 17.8 Å². The average molecular weight is 353 g/mol. The van der Waals surface area contributed by atoms with Gasteiger partial charge in [-0.15, -0.1) is 0 Å². The molecule has 0 bridgehead atoms. The molecule has 5 nitrogen and oxygen atoms in total. The fourth-order valence-corrected chi connectivity index (χ4v) is 4.77. The zero-order valence-corrected chi connectivity index (χ0v) is 14.7. The van der Waals surface area contributed by atoms with Crippen LogP contribution in [0.5, 0.6) is 0 Å². The van der Waals surface area contributed by atoms with E-state index in [1.165, 1.54) is 17.7 Å². The van der Waals surface area contributed by atoms with Crippen molar-refractivity contribution in [1.29, 1.82) is 5.26 Å². The molecule has 136 valence electrons. The van der Waals surface area contributed by atoms with Gasteiger partial charge >= 0.3 is 0 Å². The number of benzene rings is 1. The van der Waals surface area contributed by atoms with Crippen LogP contribution < -0.4 is 5.73 Å². The molecule has 1 aromatic carbocycles. The number of aromatic nitrogens is 2. The number of nitrogens with zero attached hydrogens (tertiary/aromatic N) is 3. The quantitative estimate of drug-likeness (QED) is 0.889. The number of piperidine rings is 1. The molecular formula is C20H24FN5. The first-order chi connectivity index (χ1) is 12.7. The number of hydrogen-bond donors (Lipinski definition) is 2. The van der Waals surface area contributed by atoms with E-state index in [1.54, 1.807) is 0 Å².